The van der Waals surface area contributed by atoms with Crippen LogP contribution in [0.1, 0.15) is 33.1 Å². The molecule has 20 heavy (non-hydrogen) atoms. The Balaban J connectivity index is 1.79. The minimum absolute atomic E-state index is 0.156. The zero-order valence-electron chi connectivity index (χ0n) is 12.1. The molecular formula is C16H22BrNOS. The maximum Gasteiger partial charge on any atom is 0.230 e. The van der Waals surface area contributed by atoms with Crippen molar-refractivity contribution in [3.8, 4) is 0 Å². The molecule has 0 aromatic heterocycles. The van der Waals surface area contributed by atoms with Crippen molar-refractivity contribution in [2.24, 2.45) is 11.8 Å². The largest absolute Gasteiger partial charge is 0.352 e. The summed E-state index contributed by atoms with van der Waals surface area (Å²) in [5.41, 5.74) is 0. The highest BCUT2D eigenvalue weighted by Crippen LogP contribution is 2.29. The average molecular weight is 356 g/mol. The zero-order valence-corrected chi connectivity index (χ0v) is 14.5. The van der Waals surface area contributed by atoms with Crippen molar-refractivity contribution in [1.29, 1.82) is 0 Å². The number of thioether (sulfide) groups is 1. The molecule has 1 amide bonds. The van der Waals surface area contributed by atoms with Crippen molar-refractivity contribution in [1.82, 2.24) is 5.32 Å². The van der Waals surface area contributed by atoms with Crippen LogP contribution in [-0.2, 0) is 4.79 Å². The second-order valence-electron chi connectivity index (χ2n) is 5.68. The van der Waals surface area contributed by atoms with E-state index in [0.29, 0.717) is 23.6 Å². The normalized spacial score (nSPS) is 26.2. The Bertz CT molecular complexity index is 448. The first-order valence-corrected chi connectivity index (χ1v) is 9.02. The number of hydrogen-bond donors (Lipinski definition) is 1. The molecule has 1 saturated carbocycles. The molecule has 1 aliphatic rings. The Kier molecular flexibility index (Phi) is 5.97. The number of carbonyl (C=O) groups is 1. The van der Waals surface area contributed by atoms with Crippen LogP contribution >= 0.6 is 27.7 Å². The summed E-state index contributed by atoms with van der Waals surface area (Å²) in [7, 11) is 0. The second-order valence-corrected chi connectivity index (χ2v) is 7.65. The number of nitrogens with one attached hydrogen (secondary N) is 1. The summed E-state index contributed by atoms with van der Waals surface area (Å²) in [6.07, 6.45) is 3.65. The fourth-order valence-electron chi connectivity index (χ4n) is 2.71. The van der Waals surface area contributed by atoms with Crippen molar-refractivity contribution in [2.75, 3.05) is 5.75 Å². The molecule has 0 spiro atoms. The molecule has 1 N–H and O–H groups in total. The van der Waals surface area contributed by atoms with Gasteiger partial charge in [-0.25, -0.2) is 0 Å². The lowest BCUT2D eigenvalue weighted by molar-refractivity contribution is -0.119. The first kappa shape index (κ1) is 15.9. The third-order valence-electron chi connectivity index (χ3n) is 4.24. The molecule has 4 heteroatoms. The minimum atomic E-state index is 0.156. The molecule has 2 rings (SSSR count). The highest BCUT2D eigenvalue weighted by Gasteiger charge is 2.27. The Labute approximate surface area is 134 Å². The van der Waals surface area contributed by atoms with E-state index in [4.69, 9.17) is 0 Å². The Hall–Kier alpha value is -0.480. The monoisotopic (exact) mass is 355 g/mol. The van der Waals surface area contributed by atoms with Gasteiger partial charge < -0.3 is 5.32 Å². The van der Waals surface area contributed by atoms with Gasteiger partial charge in [-0.2, -0.15) is 0 Å². The first-order chi connectivity index (χ1) is 9.56. The van der Waals surface area contributed by atoms with E-state index < -0.39 is 0 Å². The van der Waals surface area contributed by atoms with Crippen LogP contribution in [0.3, 0.4) is 0 Å². The molecule has 0 unspecified atom stereocenters. The lowest BCUT2D eigenvalue weighted by atomic mass is 9.78. The van der Waals surface area contributed by atoms with Crippen molar-refractivity contribution < 1.29 is 4.79 Å². The van der Waals surface area contributed by atoms with Crippen molar-refractivity contribution in [3.05, 3.63) is 28.7 Å². The smallest absolute Gasteiger partial charge is 0.230 e. The van der Waals surface area contributed by atoms with Crippen LogP contribution in [-0.4, -0.2) is 17.7 Å². The maximum atomic E-state index is 12.1. The van der Waals surface area contributed by atoms with Gasteiger partial charge in [0.25, 0.3) is 0 Å². The van der Waals surface area contributed by atoms with Crippen molar-refractivity contribution >= 4 is 33.6 Å². The van der Waals surface area contributed by atoms with Crippen LogP contribution < -0.4 is 5.32 Å². The average Bonchev–Trinajstić information content (AvgIpc) is 2.43. The number of hydrogen-bond acceptors (Lipinski definition) is 2. The molecule has 1 aromatic carbocycles. The van der Waals surface area contributed by atoms with E-state index in [9.17, 15) is 4.79 Å². The Morgan fingerprint density at radius 2 is 2.00 bits per heavy atom. The Morgan fingerprint density at radius 1 is 1.30 bits per heavy atom. The van der Waals surface area contributed by atoms with E-state index in [2.05, 4.69) is 35.1 Å². The Morgan fingerprint density at radius 3 is 2.70 bits per heavy atom. The number of halogens is 1. The van der Waals surface area contributed by atoms with E-state index in [1.807, 2.05) is 24.3 Å². The molecular weight excluding hydrogens is 334 g/mol. The minimum Gasteiger partial charge on any atom is -0.352 e. The molecule has 3 atom stereocenters. The number of benzene rings is 1. The summed E-state index contributed by atoms with van der Waals surface area (Å²) in [5.74, 6) is 1.96. The highest BCUT2D eigenvalue weighted by molar-refractivity contribution is 9.10. The van der Waals surface area contributed by atoms with E-state index in [1.165, 1.54) is 12.8 Å². The molecule has 0 bridgehead atoms. The predicted octanol–water partition coefficient (Wildman–Crippen LogP) is 4.48. The number of amides is 1. The standard InChI is InChI=1S/C16H22BrNOS/c1-11-4-3-5-15(12(11)2)18-16(19)10-20-14-8-6-13(17)7-9-14/h6-9,11-12,15H,3-5,10H2,1-2H3,(H,18,19)/t11-,12+,15+/m0/s1. The van der Waals surface area contributed by atoms with Crippen molar-refractivity contribution in [2.45, 2.75) is 44.0 Å². The van der Waals surface area contributed by atoms with Gasteiger partial charge in [0.1, 0.15) is 0 Å². The van der Waals surface area contributed by atoms with Crippen LogP contribution in [0.5, 0.6) is 0 Å². The predicted molar refractivity (Wildman–Crippen MR) is 89.0 cm³/mol. The lowest BCUT2D eigenvalue weighted by Crippen LogP contribution is -2.44. The molecule has 1 fully saturated rings. The van der Waals surface area contributed by atoms with E-state index in [-0.39, 0.29) is 5.91 Å². The summed E-state index contributed by atoms with van der Waals surface area (Å²) in [4.78, 5) is 13.2. The van der Waals surface area contributed by atoms with Gasteiger partial charge in [0.2, 0.25) is 5.91 Å². The third-order valence-corrected chi connectivity index (χ3v) is 5.78. The van der Waals surface area contributed by atoms with Gasteiger partial charge >= 0.3 is 0 Å². The van der Waals surface area contributed by atoms with E-state index in [1.54, 1.807) is 11.8 Å². The molecule has 0 saturated heterocycles. The fraction of sp³-hybridized carbons (Fsp3) is 0.562. The van der Waals surface area contributed by atoms with Crippen LogP contribution in [0.2, 0.25) is 0 Å². The molecule has 2 nitrogen and oxygen atoms in total. The van der Waals surface area contributed by atoms with Crippen LogP contribution in [0.25, 0.3) is 0 Å². The van der Waals surface area contributed by atoms with Gasteiger partial charge in [0, 0.05) is 15.4 Å². The maximum absolute atomic E-state index is 12.1. The second kappa shape index (κ2) is 7.51. The molecule has 1 aromatic rings. The topological polar surface area (TPSA) is 29.1 Å². The summed E-state index contributed by atoms with van der Waals surface area (Å²) < 4.78 is 1.07. The number of carbonyl (C=O) groups excluding carboxylic acids is 1. The van der Waals surface area contributed by atoms with Crippen molar-refractivity contribution in [3.63, 3.8) is 0 Å². The fourth-order valence-corrected chi connectivity index (χ4v) is 3.69. The quantitative estimate of drug-likeness (QED) is 0.806. The van der Waals surface area contributed by atoms with Crippen LogP contribution in [0.4, 0.5) is 0 Å². The molecule has 1 aliphatic carbocycles. The molecule has 0 radical (unpaired) electrons. The molecule has 0 heterocycles. The van der Waals surface area contributed by atoms with Crippen LogP contribution in [0.15, 0.2) is 33.6 Å². The van der Waals surface area contributed by atoms with Gasteiger partial charge in [0.15, 0.2) is 0 Å². The van der Waals surface area contributed by atoms with Gasteiger partial charge in [0.05, 0.1) is 5.75 Å². The first-order valence-electron chi connectivity index (χ1n) is 7.24. The summed E-state index contributed by atoms with van der Waals surface area (Å²) in [6, 6.07) is 8.44. The number of rotatable bonds is 4. The lowest BCUT2D eigenvalue weighted by Gasteiger charge is -2.34. The summed E-state index contributed by atoms with van der Waals surface area (Å²) in [6.45, 7) is 4.55. The SMILES string of the molecule is C[C@@H]1[C@@H](C)CCC[C@H]1NC(=O)CSc1ccc(Br)cc1. The summed E-state index contributed by atoms with van der Waals surface area (Å²) in [5, 5.41) is 3.21. The van der Waals surface area contributed by atoms with Gasteiger partial charge in [-0.3, -0.25) is 4.79 Å². The summed E-state index contributed by atoms with van der Waals surface area (Å²) >= 11 is 5.01. The van der Waals surface area contributed by atoms with E-state index in [0.717, 1.165) is 15.8 Å². The van der Waals surface area contributed by atoms with Crippen LogP contribution in [0, 0.1) is 11.8 Å². The van der Waals surface area contributed by atoms with Gasteiger partial charge in [-0.05, 0) is 42.5 Å². The van der Waals surface area contributed by atoms with Gasteiger partial charge in [-0.1, -0.05) is 42.6 Å². The third kappa shape index (κ3) is 4.52. The highest BCUT2D eigenvalue weighted by atomic mass is 79.9. The van der Waals surface area contributed by atoms with Gasteiger partial charge in [-0.15, -0.1) is 11.8 Å². The molecule has 0 aliphatic heterocycles. The molecule has 110 valence electrons. The van der Waals surface area contributed by atoms with E-state index >= 15 is 0 Å². The zero-order chi connectivity index (χ0) is 14.5.